The first-order valence-corrected chi connectivity index (χ1v) is 6.73. The number of nitrogens with zero attached hydrogens (tertiary/aromatic N) is 1. The molecule has 1 aliphatic heterocycles. The van der Waals surface area contributed by atoms with Crippen molar-refractivity contribution in [3.05, 3.63) is 28.8 Å². The average molecular weight is 281 g/mol. The van der Waals surface area contributed by atoms with Crippen molar-refractivity contribution in [2.24, 2.45) is 0 Å². The Labute approximate surface area is 117 Å². The predicted octanol–water partition coefficient (Wildman–Crippen LogP) is 2.28. The number of rotatable bonds is 2. The first-order chi connectivity index (χ1) is 8.95. The Kier molecular flexibility index (Phi) is 3.80. The fraction of sp³-hybridized carbons (Fsp3) is 0.429. The van der Waals surface area contributed by atoms with Gasteiger partial charge in [0.05, 0.1) is 0 Å². The van der Waals surface area contributed by atoms with Gasteiger partial charge in [-0.05, 0) is 38.0 Å². The molecule has 2 rings (SSSR count). The minimum absolute atomic E-state index is 0.0834. The lowest BCUT2D eigenvalue weighted by molar-refractivity contribution is -0.133. The summed E-state index contributed by atoms with van der Waals surface area (Å²) in [5.74, 6) is -0.217. The van der Waals surface area contributed by atoms with E-state index in [0.717, 1.165) is 5.56 Å². The van der Waals surface area contributed by atoms with Crippen LogP contribution in [0.25, 0.3) is 0 Å². The number of piperazine rings is 1. The van der Waals surface area contributed by atoms with E-state index in [4.69, 9.17) is 11.6 Å². The normalized spacial score (nSPS) is 23.5. The van der Waals surface area contributed by atoms with Gasteiger partial charge in [-0.3, -0.25) is 14.5 Å². The van der Waals surface area contributed by atoms with Gasteiger partial charge >= 0.3 is 0 Å². The number of hydrogen-bond acceptors (Lipinski definition) is 2. The Hall–Kier alpha value is -1.55. The van der Waals surface area contributed by atoms with E-state index in [9.17, 15) is 9.59 Å². The van der Waals surface area contributed by atoms with Gasteiger partial charge < -0.3 is 5.32 Å². The first-order valence-electron chi connectivity index (χ1n) is 6.35. The van der Waals surface area contributed by atoms with Crippen molar-refractivity contribution in [2.45, 2.75) is 39.3 Å². The highest BCUT2D eigenvalue weighted by atomic mass is 35.5. The molecule has 4 nitrogen and oxygen atoms in total. The molecule has 1 fully saturated rings. The lowest BCUT2D eigenvalue weighted by Crippen LogP contribution is -2.62. The first kappa shape index (κ1) is 13.9. The standard InChI is InChI=1S/C14H17ClN2O2/c1-4-11-14(19)17(9(3)13(18)16-11)12-7-10(15)6-5-8(12)2/h5-7,9,11H,4H2,1-3H3,(H,16,18). The number of hydrogen-bond donors (Lipinski definition) is 1. The molecule has 1 N–H and O–H groups in total. The van der Waals surface area contributed by atoms with Crippen LogP contribution in [0.5, 0.6) is 0 Å². The molecule has 1 aliphatic rings. The SMILES string of the molecule is CCC1NC(=O)C(C)N(c2cc(Cl)ccc2C)C1=O. The molecular weight excluding hydrogens is 264 g/mol. The van der Waals surface area contributed by atoms with Gasteiger partial charge in [-0.15, -0.1) is 0 Å². The molecule has 1 saturated heterocycles. The molecule has 0 spiro atoms. The van der Waals surface area contributed by atoms with Crippen LogP contribution in [-0.4, -0.2) is 23.9 Å². The van der Waals surface area contributed by atoms with Crippen LogP contribution >= 0.6 is 11.6 Å². The molecule has 0 aliphatic carbocycles. The highest BCUT2D eigenvalue weighted by Gasteiger charge is 2.38. The topological polar surface area (TPSA) is 49.4 Å². The van der Waals surface area contributed by atoms with Crippen LogP contribution in [0.4, 0.5) is 5.69 Å². The van der Waals surface area contributed by atoms with Gasteiger partial charge in [0.2, 0.25) is 11.8 Å². The second kappa shape index (κ2) is 5.21. The third kappa shape index (κ3) is 2.45. The summed E-state index contributed by atoms with van der Waals surface area (Å²) in [6, 6.07) is 4.38. The molecule has 1 aromatic rings. The summed E-state index contributed by atoms with van der Waals surface area (Å²) in [6.07, 6.45) is 0.577. The van der Waals surface area contributed by atoms with E-state index in [0.29, 0.717) is 17.1 Å². The number of amides is 2. The summed E-state index contributed by atoms with van der Waals surface area (Å²) in [4.78, 5) is 25.9. The second-order valence-electron chi connectivity index (χ2n) is 4.78. The summed E-state index contributed by atoms with van der Waals surface area (Å²) in [5.41, 5.74) is 1.63. The number of carbonyl (C=O) groups excluding carboxylic acids is 2. The Morgan fingerprint density at radius 2 is 2.05 bits per heavy atom. The fourth-order valence-corrected chi connectivity index (χ4v) is 2.44. The maximum Gasteiger partial charge on any atom is 0.250 e. The molecule has 2 unspecified atom stereocenters. The van der Waals surface area contributed by atoms with Crippen molar-refractivity contribution in [3.63, 3.8) is 0 Å². The van der Waals surface area contributed by atoms with Crippen LogP contribution < -0.4 is 10.2 Å². The van der Waals surface area contributed by atoms with Gasteiger partial charge in [-0.2, -0.15) is 0 Å². The molecule has 5 heteroatoms. The summed E-state index contributed by atoms with van der Waals surface area (Å²) < 4.78 is 0. The number of anilines is 1. The third-order valence-electron chi connectivity index (χ3n) is 3.46. The van der Waals surface area contributed by atoms with Crippen LogP contribution in [0.15, 0.2) is 18.2 Å². The van der Waals surface area contributed by atoms with E-state index < -0.39 is 12.1 Å². The maximum absolute atomic E-state index is 12.4. The van der Waals surface area contributed by atoms with Crippen molar-refractivity contribution in [1.29, 1.82) is 0 Å². The highest BCUT2D eigenvalue weighted by Crippen LogP contribution is 2.28. The van der Waals surface area contributed by atoms with E-state index >= 15 is 0 Å². The summed E-state index contributed by atoms with van der Waals surface area (Å²) in [5, 5.41) is 3.29. The van der Waals surface area contributed by atoms with E-state index in [2.05, 4.69) is 5.32 Å². The zero-order chi connectivity index (χ0) is 14.2. The largest absolute Gasteiger partial charge is 0.343 e. The van der Waals surface area contributed by atoms with Crippen LogP contribution in [0.1, 0.15) is 25.8 Å². The lowest BCUT2D eigenvalue weighted by atomic mass is 10.0. The number of halogens is 1. The molecule has 0 saturated carbocycles. The molecule has 2 amide bonds. The van der Waals surface area contributed by atoms with Crippen molar-refractivity contribution in [1.82, 2.24) is 5.32 Å². The molecule has 0 radical (unpaired) electrons. The highest BCUT2D eigenvalue weighted by molar-refractivity contribution is 6.31. The molecular formula is C14H17ClN2O2. The molecule has 2 atom stereocenters. The van der Waals surface area contributed by atoms with Crippen molar-refractivity contribution in [3.8, 4) is 0 Å². The quantitative estimate of drug-likeness (QED) is 0.903. The van der Waals surface area contributed by atoms with Crippen molar-refractivity contribution < 1.29 is 9.59 Å². The Balaban J connectivity index is 2.47. The minimum Gasteiger partial charge on any atom is -0.343 e. The average Bonchev–Trinajstić information content (AvgIpc) is 2.38. The monoisotopic (exact) mass is 280 g/mol. The van der Waals surface area contributed by atoms with Gasteiger partial charge in [0.15, 0.2) is 0 Å². The maximum atomic E-state index is 12.4. The number of aryl methyl sites for hydroxylation is 1. The van der Waals surface area contributed by atoms with Gasteiger partial charge in [-0.25, -0.2) is 0 Å². The lowest BCUT2D eigenvalue weighted by Gasteiger charge is -2.37. The molecule has 1 aromatic carbocycles. The number of nitrogens with one attached hydrogen (secondary N) is 1. The van der Waals surface area contributed by atoms with Crippen LogP contribution in [0, 0.1) is 6.92 Å². The molecule has 1 heterocycles. The second-order valence-corrected chi connectivity index (χ2v) is 5.22. The van der Waals surface area contributed by atoms with Crippen molar-refractivity contribution in [2.75, 3.05) is 4.90 Å². The van der Waals surface area contributed by atoms with Gasteiger partial charge in [-0.1, -0.05) is 24.6 Å². The Morgan fingerprint density at radius 1 is 1.37 bits per heavy atom. The number of benzene rings is 1. The Morgan fingerprint density at radius 3 is 2.68 bits per heavy atom. The molecule has 0 aromatic heterocycles. The smallest absolute Gasteiger partial charge is 0.250 e. The Bertz CT molecular complexity index is 530. The molecule has 19 heavy (non-hydrogen) atoms. The van der Waals surface area contributed by atoms with Gasteiger partial charge in [0, 0.05) is 10.7 Å². The van der Waals surface area contributed by atoms with Crippen LogP contribution in [-0.2, 0) is 9.59 Å². The zero-order valence-corrected chi connectivity index (χ0v) is 12.0. The van der Waals surface area contributed by atoms with E-state index in [1.165, 1.54) is 0 Å². The summed E-state index contributed by atoms with van der Waals surface area (Å²) >= 11 is 6.00. The number of carbonyl (C=O) groups is 2. The molecule has 0 bridgehead atoms. The van der Waals surface area contributed by atoms with Gasteiger partial charge in [0.1, 0.15) is 12.1 Å². The zero-order valence-electron chi connectivity index (χ0n) is 11.2. The summed E-state index contributed by atoms with van der Waals surface area (Å²) in [6.45, 7) is 5.50. The summed E-state index contributed by atoms with van der Waals surface area (Å²) in [7, 11) is 0. The van der Waals surface area contributed by atoms with Gasteiger partial charge in [0.25, 0.3) is 0 Å². The van der Waals surface area contributed by atoms with Crippen molar-refractivity contribution >= 4 is 29.1 Å². The van der Waals surface area contributed by atoms with E-state index in [1.807, 2.05) is 19.9 Å². The third-order valence-corrected chi connectivity index (χ3v) is 3.69. The van der Waals surface area contributed by atoms with E-state index in [1.54, 1.807) is 24.0 Å². The fourth-order valence-electron chi connectivity index (χ4n) is 2.28. The minimum atomic E-state index is -0.521. The van der Waals surface area contributed by atoms with E-state index in [-0.39, 0.29) is 11.8 Å². The predicted molar refractivity (Wildman–Crippen MR) is 75.4 cm³/mol. The van der Waals surface area contributed by atoms with Crippen LogP contribution in [0.2, 0.25) is 5.02 Å². The van der Waals surface area contributed by atoms with Crippen LogP contribution in [0.3, 0.4) is 0 Å². The molecule has 102 valence electrons.